The first kappa shape index (κ1) is 15.3. The highest BCUT2D eigenvalue weighted by Gasteiger charge is 1.97. The minimum atomic E-state index is 0.887. The van der Waals surface area contributed by atoms with Crippen molar-refractivity contribution >= 4 is 5.57 Å². The molecule has 2 aromatic rings. The predicted molar refractivity (Wildman–Crippen MR) is 92.0 cm³/mol. The summed E-state index contributed by atoms with van der Waals surface area (Å²) in [5.74, 6) is 0. The summed E-state index contributed by atoms with van der Waals surface area (Å²) in [7, 11) is 0. The Morgan fingerprint density at radius 1 is 0.952 bits per heavy atom. The molecule has 2 rings (SSSR count). The lowest BCUT2D eigenvalue weighted by Gasteiger charge is -2.07. The highest BCUT2D eigenvalue weighted by Crippen LogP contribution is 2.14. The molecule has 0 amide bonds. The molecule has 0 saturated carbocycles. The molecule has 0 aliphatic carbocycles. The molecule has 1 nitrogen and oxygen atoms in total. The van der Waals surface area contributed by atoms with Crippen LogP contribution in [0.1, 0.15) is 29.2 Å². The van der Waals surface area contributed by atoms with Crippen LogP contribution in [-0.2, 0) is 13.1 Å². The fourth-order valence-electron chi connectivity index (χ4n) is 2.22. The SMILES string of the molecule is C=C/C=C(\C)c1ccc(CNCc2ccc(C)cc2)cc1. The number of hydrogen-bond donors (Lipinski definition) is 1. The van der Waals surface area contributed by atoms with E-state index in [1.807, 2.05) is 12.2 Å². The molecular formula is C20H23N. The van der Waals surface area contributed by atoms with Crippen molar-refractivity contribution in [3.05, 3.63) is 89.5 Å². The molecule has 0 radical (unpaired) electrons. The Labute approximate surface area is 128 Å². The van der Waals surface area contributed by atoms with E-state index in [-0.39, 0.29) is 0 Å². The van der Waals surface area contributed by atoms with E-state index in [9.17, 15) is 0 Å². The third kappa shape index (κ3) is 4.73. The second-order valence-corrected chi connectivity index (χ2v) is 5.37. The molecule has 0 spiro atoms. The molecule has 21 heavy (non-hydrogen) atoms. The van der Waals surface area contributed by atoms with Gasteiger partial charge in [0.2, 0.25) is 0 Å². The van der Waals surface area contributed by atoms with Crippen molar-refractivity contribution in [2.45, 2.75) is 26.9 Å². The van der Waals surface area contributed by atoms with Gasteiger partial charge in [-0.15, -0.1) is 0 Å². The topological polar surface area (TPSA) is 12.0 Å². The van der Waals surface area contributed by atoms with E-state index in [0.29, 0.717) is 0 Å². The fraction of sp³-hybridized carbons (Fsp3) is 0.200. The lowest BCUT2D eigenvalue weighted by molar-refractivity contribution is 0.693. The second kappa shape index (κ2) is 7.61. The minimum Gasteiger partial charge on any atom is -0.309 e. The van der Waals surface area contributed by atoms with Crippen molar-refractivity contribution in [1.29, 1.82) is 0 Å². The summed E-state index contributed by atoms with van der Waals surface area (Å²) >= 11 is 0. The monoisotopic (exact) mass is 277 g/mol. The largest absolute Gasteiger partial charge is 0.309 e. The van der Waals surface area contributed by atoms with Crippen molar-refractivity contribution in [2.75, 3.05) is 0 Å². The summed E-state index contributed by atoms with van der Waals surface area (Å²) in [5.41, 5.74) is 6.41. The van der Waals surface area contributed by atoms with Gasteiger partial charge in [0, 0.05) is 13.1 Å². The maximum atomic E-state index is 3.73. The fourth-order valence-corrected chi connectivity index (χ4v) is 2.22. The number of benzene rings is 2. The molecule has 1 heteroatoms. The van der Waals surface area contributed by atoms with Crippen LogP contribution in [0, 0.1) is 6.92 Å². The Balaban J connectivity index is 1.87. The summed E-state index contributed by atoms with van der Waals surface area (Å²) in [4.78, 5) is 0. The smallest absolute Gasteiger partial charge is 0.0208 e. The van der Waals surface area contributed by atoms with Crippen molar-refractivity contribution < 1.29 is 0 Å². The van der Waals surface area contributed by atoms with Gasteiger partial charge >= 0.3 is 0 Å². The normalized spacial score (nSPS) is 11.4. The zero-order valence-corrected chi connectivity index (χ0v) is 12.9. The Morgan fingerprint density at radius 3 is 2.00 bits per heavy atom. The van der Waals surface area contributed by atoms with E-state index < -0.39 is 0 Å². The van der Waals surface area contributed by atoms with E-state index in [1.54, 1.807) is 0 Å². The summed E-state index contributed by atoms with van der Waals surface area (Å²) in [6.07, 6.45) is 3.86. The van der Waals surface area contributed by atoms with E-state index in [1.165, 1.54) is 27.8 Å². The van der Waals surface area contributed by atoms with Crippen LogP contribution in [0.3, 0.4) is 0 Å². The Hall–Kier alpha value is -2.12. The zero-order chi connectivity index (χ0) is 15.1. The minimum absolute atomic E-state index is 0.887. The van der Waals surface area contributed by atoms with Gasteiger partial charge in [-0.2, -0.15) is 0 Å². The van der Waals surface area contributed by atoms with E-state index in [2.05, 4.69) is 74.3 Å². The van der Waals surface area contributed by atoms with Gasteiger partial charge in [0.25, 0.3) is 0 Å². The first-order chi connectivity index (χ1) is 10.2. The van der Waals surface area contributed by atoms with E-state index >= 15 is 0 Å². The zero-order valence-electron chi connectivity index (χ0n) is 12.9. The predicted octanol–water partition coefficient (Wildman–Crippen LogP) is 4.87. The van der Waals surface area contributed by atoms with Gasteiger partial charge in [-0.3, -0.25) is 0 Å². The van der Waals surface area contributed by atoms with Gasteiger partial charge in [-0.05, 0) is 36.1 Å². The van der Waals surface area contributed by atoms with Crippen molar-refractivity contribution in [3.63, 3.8) is 0 Å². The van der Waals surface area contributed by atoms with Gasteiger partial charge in [-0.25, -0.2) is 0 Å². The molecule has 0 aliphatic rings. The standard InChI is InChI=1S/C20H23N/c1-4-5-17(3)20-12-10-19(11-13-20)15-21-14-18-8-6-16(2)7-9-18/h4-13,21H,1,14-15H2,2-3H3/b17-5+. The summed E-state index contributed by atoms with van der Waals surface area (Å²) in [6.45, 7) is 9.74. The molecule has 0 aromatic heterocycles. The summed E-state index contributed by atoms with van der Waals surface area (Å²) in [6, 6.07) is 17.3. The van der Waals surface area contributed by atoms with E-state index in [4.69, 9.17) is 0 Å². The first-order valence-corrected chi connectivity index (χ1v) is 7.34. The van der Waals surface area contributed by atoms with Crippen LogP contribution in [0.25, 0.3) is 5.57 Å². The molecule has 0 fully saturated rings. The second-order valence-electron chi connectivity index (χ2n) is 5.37. The van der Waals surface area contributed by atoms with Crippen LogP contribution in [0.4, 0.5) is 0 Å². The Morgan fingerprint density at radius 2 is 1.48 bits per heavy atom. The van der Waals surface area contributed by atoms with Crippen LogP contribution in [0.15, 0.2) is 67.3 Å². The third-order valence-electron chi connectivity index (χ3n) is 3.56. The Bertz CT molecular complexity index is 603. The molecule has 0 atom stereocenters. The van der Waals surface area contributed by atoms with Crippen LogP contribution >= 0.6 is 0 Å². The number of nitrogens with one attached hydrogen (secondary N) is 1. The van der Waals surface area contributed by atoms with Gasteiger partial charge in [0.1, 0.15) is 0 Å². The van der Waals surface area contributed by atoms with Crippen molar-refractivity contribution in [3.8, 4) is 0 Å². The molecule has 0 unspecified atom stereocenters. The number of allylic oxidation sites excluding steroid dienone is 3. The van der Waals surface area contributed by atoms with Gasteiger partial charge in [-0.1, -0.05) is 72.8 Å². The van der Waals surface area contributed by atoms with Gasteiger partial charge in [0.15, 0.2) is 0 Å². The maximum Gasteiger partial charge on any atom is 0.0208 e. The molecule has 1 N–H and O–H groups in total. The molecule has 2 aromatic carbocycles. The summed E-state index contributed by atoms with van der Waals surface area (Å²) < 4.78 is 0. The lowest BCUT2D eigenvalue weighted by Crippen LogP contribution is -2.12. The lowest BCUT2D eigenvalue weighted by atomic mass is 10.0. The first-order valence-electron chi connectivity index (χ1n) is 7.34. The maximum absolute atomic E-state index is 3.73. The molecule has 0 bridgehead atoms. The molecule has 0 saturated heterocycles. The quantitative estimate of drug-likeness (QED) is 0.742. The summed E-state index contributed by atoms with van der Waals surface area (Å²) in [5, 5.41) is 3.48. The van der Waals surface area contributed by atoms with Crippen LogP contribution in [-0.4, -0.2) is 0 Å². The number of rotatable bonds is 6. The molecule has 108 valence electrons. The molecule has 0 heterocycles. The van der Waals surface area contributed by atoms with Crippen LogP contribution < -0.4 is 5.32 Å². The average molecular weight is 277 g/mol. The molecular weight excluding hydrogens is 254 g/mol. The van der Waals surface area contributed by atoms with Gasteiger partial charge in [0.05, 0.1) is 0 Å². The van der Waals surface area contributed by atoms with Crippen molar-refractivity contribution in [2.24, 2.45) is 0 Å². The highest BCUT2D eigenvalue weighted by molar-refractivity contribution is 5.65. The van der Waals surface area contributed by atoms with Crippen LogP contribution in [0.2, 0.25) is 0 Å². The Kier molecular flexibility index (Phi) is 5.53. The third-order valence-corrected chi connectivity index (χ3v) is 3.56. The van der Waals surface area contributed by atoms with Crippen LogP contribution in [0.5, 0.6) is 0 Å². The van der Waals surface area contributed by atoms with E-state index in [0.717, 1.165) is 13.1 Å². The van der Waals surface area contributed by atoms with Crippen molar-refractivity contribution in [1.82, 2.24) is 5.32 Å². The highest BCUT2D eigenvalue weighted by atomic mass is 14.8. The van der Waals surface area contributed by atoms with Gasteiger partial charge < -0.3 is 5.32 Å². The molecule has 0 aliphatic heterocycles. The average Bonchev–Trinajstić information content (AvgIpc) is 2.50. The number of hydrogen-bond acceptors (Lipinski definition) is 1. The number of aryl methyl sites for hydroxylation is 1.